The van der Waals surface area contributed by atoms with Gasteiger partial charge in [-0.3, -0.25) is 4.79 Å². The molecular weight excluding hydrogens is 252 g/mol. The molecule has 0 aliphatic heterocycles. The Morgan fingerprint density at radius 1 is 1.25 bits per heavy atom. The van der Waals surface area contributed by atoms with E-state index in [1.807, 2.05) is 30.3 Å². The van der Waals surface area contributed by atoms with Crippen LogP contribution in [0.3, 0.4) is 0 Å². The van der Waals surface area contributed by atoms with E-state index in [1.54, 1.807) is 24.1 Å². The molecule has 2 rings (SSSR count). The van der Waals surface area contributed by atoms with Crippen LogP contribution in [-0.4, -0.2) is 29.7 Å². The highest BCUT2D eigenvalue weighted by atomic mass is 16.2. The first-order chi connectivity index (χ1) is 9.72. The molecule has 20 heavy (non-hydrogen) atoms. The van der Waals surface area contributed by atoms with Crippen molar-refractivity contribution in [3.8, 4) is 11.8 Å². The topological polar surface area (TPSA) is 53.4 Å². The molecule has 0 saturated carbocycles. The summed E-state index contributed by atoms with van der Waals surface area (Å²) in [6, 6.07) is 12.7. The number of aliphatic hydroxyl groups is 1. The molecule has 0 fully saturated rings. The Balaban J connectivity index is 2.17. The van der Waals surface area contributed by atoms with Crippen LogP contribution in [-0.2, 0) is 0 Å². The summed E-state index contributed by atoms with van der Waals surface area (Å²) in [6.07, 6.45) is 1.52. The van der Waals surface area contributed by atoms with Gasteiger partial charge in [0.05, 0.1) is 0 Å². The van der Waals surface area contributed by atoms with E-state index in [4.69, 9.17) is 5.11 Å². The van der Waals surface area contributed by atoms with Crippen LogP contribution in [0.15, 0.2) is 48.7 Å². The second kappa shape index (κ2) is 6.50. The molecule has 100 valence electrons. The number of anilines is 1. The number of para-hydroxylation sites is 1. The maximum Gasteiger partial charge on any atom is 0.276 e. The smallest absolute Gasteiger partial charge is 0.276 e. The minimum absolute atomic E-state index is 0.183. The minimum Gasteiger partial charge on any atom is -0.384 e. The summed E-state index contributed by atoms with van der Waals surface area (Å²) in [4.78, 5) is 17.9. The van der Waals surface area contributed by atoms with Crippen LogP contribution in [0.5, 0.6) is 0 Å². The van der Waals surface area contributed by atoms with Crippen molar-refractivity contribution < 1.29 is 9.90 Å². The number of carbonyl (C=O) groups excluding carboxylic acids is 1. The van der Waals surface area contributed by atoms with Gasteiger partial charge in [-0.1, -0.05) is 30.0 Å². The lowest BCUT2D eigenvalue weighted by Crippen LogP contribution is -2.26. The van der Waals surface area contributed by atoms with E-state index >= 15 is 0 Å². The van der Waals surface area contributed by atoms with Gasteiger partial charge in [-0.15, -0.1) is 0 Å². The standard InChI is InChI=1S/C16H14N2O2/c1-18(14-7-3-2-4-8-14)16(20)15-10-9-13(12-17-15)6-5-11-19/h2-4,7-10,12,19H,11H2,1H3. The Bertz CT molecular complexity index is 640. The fourth-order valence-electron chi connectivity index (χ4n) is 1.68. The van der Waals surface area contributed by atoms with Crippen molar-refractivity contribution in [3.05, 3.63) is 59.9 Å². The lowest BCUT2D eigenvalue weighted by molar-refractivity contribution is 0.0988. The lowest BCUT2D eigenvalue weighted by atomic mass is 10.2. The number of carbonyl (C=O) groups is 1. The van der Waals surface area contributed by atoms with Crippen LogP contribution in [0, 0.1) is 11.8 Å². The van der Waals surface area contributed by atoms with Gasteiger partial charge in [0.1, 0.15) is 12.3 Å². The van der Waals surface area contributed by atoms with Crippen molar-refractivity contribution in [3.63, 3.8) is 0 Å². The summed E-state index contributed by atoms with van der Waals surface area (Å²) < 4.78 is 0. The molecule has 4 nitrogen and oxygen atoms in total. The Labute approximate surface area is 117 Å². The minimum atomic E-state index is -0.197. The molecule has 0 aliphatic carbocycles. The second-order valence-electron chi connectivity index (χ2n) is 4.09. The van der Waals surface area contributed by atoms with Crippen LogP contribution >= 0.6 is 0 Å². The number of hydrogen-bond donors (Lipinski definition) is 1. The van der Waals surface area contributed by atoms with E-state index < -0.39 is 0 Å². The fraction of sp³-hybridized carbons (Fsp3) is 0.125. The molecule has 1 aromatic heterocycles. The molecule has 0 spiro atoms. The summed E-state index contributed by atoms with van der Waals surface area (Å²) in [5, 5.41) is 8.61. The van der Waals surface area contributed by atoms with Crippen LogP contribution in [0.25, 0.3) is 0 Å². The first-order valence-corrected chi connectivity index (χ1v) is 6.11. The highest BCUT2D eigenvalue weighted by Crippen LogP contribution is 2.13. The van der Waals surface area contributed by atoms with Gasteiger partial charge >= 0.3 is 0 Å². The van der Waals surface area contributed by atoms with E-state index in [0.717, 1.165) is 5.69 Å². The number of amides is 1. The molecule has 1 heterocycles. The van der Waals surface area contributed by atoms with Gasteiger partial charge in [0.25, 0.3) is 5.91 Å². The van der Waals surface area contributed by atoms with Crippen LogP contribution in [0.4, 0.5) is 5.69 Å². The van der Waals surface area contributed by atoms with Crippen molar-refractivity contribution in [2.75, 3.05) is 18.6 Å². The van der Waals surface area contributed by atoms with Crippen molar-refractivity contribution in [2.24, 2.45) is 0 Å². The molecule has 0 aliphatic rings. The number of aliphatic hydroxyl groups excluding tert-OH is 1. The molecule has 2 aromatic rings. The molecule has 1 amide bonds. The molecule has 0 bridgehead atoms. The monoisotopic (exact) mass is 266 g/mol. The zero-order valence-corrected chi connectivity index (χ0v) is 11.1. The fourth-order valence-corrected chi connectivity index (χ4v) is 1.68. The number of benzene rings is 1. The molecule has 4 heteroatoms. The third-order valence-corrected chi connectivity index (χ3v) is 2.74. The first kappa shape index (κ1) is 13.8. The Hall–Kier alpha value is -2.64. The Morgan fingerprint density at radius 3 is 2.60 bits per heavy atom. The van der Waals surface area contributed by atoms with E-state index in [9.17, 15) is 4.79 Å². The molecule has 0 saturated heterocycles. The quantitative estimate of drug-likeness (QED) is 0.842. The second-order valence-corrected chi connectivity index (χ2v) is 4.09. The molecular formula is C16H14N2O2. The van der Waals surface area contributed by atoms with Crippen LogP contribution < -0.4 is 4.90 Å². The molecule has 1 N–H and O–H groups in total. The van der Waals surface area contributed by atoms with E-state index in [2.05, 4.69) is 16.8 Å². The molecule has 0 atom stereocenters. The van der Waals surface area contributed by atoms with Crippen molar-refractivity contribution in [1.29, 1.82) is 0 Å². The van der Waals surface area contributed by atoms with E-state index in [-0.39, 0.29) is 12.5 Å². The molecule has 0 unspecified atom stereocenters. The lowest BCUT2D eigenvalue weighted by Gasteiger charge is -2.16. The van der Waals surface area contributed by atoms with Crippen LogP contribution in [0.1, 0.15) is 16.1 Å². The van der Waals surface area contributed by atoms with Crippen molar-refractivity contribution in [1.82, 2.24) is 4.98 Å². The van der Waals surface area contributed by atoms with E-state index in [1.165, 1.54) is 6.20 Å². The third-order valence-electron chi connectivity index (χ3n) is 2.74. The highest BCUT2D eigenvalue weighted by molar-refractivity contribution is 6.04. The zero-order chi connectivity index (χ0) is 14.4. The van der Waals surface area contributed by atoms with Gasteiger partial charge in [0, 0.05) is 24.5 Å². The third kappa shape index (κ3) is 3.22. The predicted molar refractivity (Wildman–Crippen MR) is 77.4 cm³/mol. The summed E-state index contributed by atoms with van der Waals surface area (Å²) in [7, 11) is 1.71. The van der Waals surface area contributed by atoms with Gasteiger partial charge in [0.2, 0.25) is 0 Å². The Kier molecular flexibility index (Phi) is 4.48. The average molecular weight is 266 g/mol. The first-order valence-electron chi connectivity index (χ1n) is 6.11. The Morgan fingerprint density at radius 2 is 2.00 bits per heavy atom. The van der Waals surface area contributed by atoms with Gasteiger partial charge in [-0.05, 0) is 24.3 Å². The van der Waals surface area contributed by atoms with Gasteiger partial charge in [0.15, 0.2) is 0 Å². The normalized spacial score (nSPS) is 9.50. The maximum atomic E-state index is 12.3. The largest absolute Gasteiger partial charge is 0.384 e. The summed E-state index contributed by atoms with van der Waals surface area (Å²) >= 11 is 0. The van der Waals surface area contributed by atoms with E-state index in [0.29, 0.717) is 11.3 Å². The van der Waals surface area contributed by atoms with Crippen molar-refractivity contribution >= 4 is 11.6 Å². The van der Waals surface area contributed by atoms with Gasteiger partial charge in [-0.25, -0.2) is 4.98 Å². The zero-order valence-electron chi connectivity index (χ0n) is 11.1. The number of hydrogen-bond acceptors (Lipinski definition) is 3. The van der Waals surface area contributed by atoms with Gasteiger partial charge < -0.3 is 10.0 Å². The number of aromatic nitrogens is 1. The number of rotatable bonds is 2. The molecule has 0 radical (unpaired) electrons. The average Bonchev–Trinajstić information content (AvgIpc) is 2.53. The molecule has 1 aromatic carbocycles. The number of pyridine rings is 1. The van der Waals surface area contributed by atoms with Gasteiger partial charge in [-0.2, -0.15) is 0 Å². The van der Waals surface area contributed by atoms with Crippen LogP contribution in [0.2, 0.25) is 0 Å². The summed E-state index contributed by atoms with van der Waals surface area (Å²) in [5.41, 5.74) is 1.83. The highest BCUT2D eigenvalue weighted by Gasteiger charge is 2.14. The maximum absolute atomic E-state index is 12.3. The SMILES string of the molecule is CN(C(=O)c1ccc(C#CCO)cn1)c1ccccc1. The predicted octanol–water partition coefficient (Wildman–Crippen LogP) is 1.70. The summed E-state index contributed by atoms with van der Waals surface area (Å²) in [5.74, 6) is 5.08. The number of nitrogens with zero attached hydrogens (tertiary/aromatic N) is 2. The summed E-state index contributed by atoms with van der Waals surface area (Å²) in [6.45, 7) is -0.197. The van der Waals surface area contributed by atoms with Crippen molar-refractivity contribution in [2.45, 2.75) is 0 Å².